The lowest BCUT2D eigenvalue weighted by Gasteiger charge is -2.37. The molecule has 0 aromatic rings. The number of Topliss-reactive ketones (excluding diaryl/α,β-unsaturated/α-hetero) is 1. The molecule has 1 aliphatic heterocycles. The van der Waals surface area contributed by atoms with E-state index >= 15 is 0 Å². The summed E-state index contributed by atoms with van der Waals surface area (Å²) < 4.78 is 4.99. The Morgan fingerprint density at radius 1 is 1.67 bits per heavy atom. The highest BCUT2D eigenvalue weighted by molar-refractivity contribution is 5.76. The molecule has 1 saturated heterocycles. The van der Waals surface area contributed by atoms with Gasteiger partial charge in [-0.2, -0.15) is 0 Å². The largest absolute Gasteiger partial charge is 0.380 e. The summed E-state index contributed by atoms with van der Waals surface area (Å²) in [6, 6.07) is 0. The Kier molecular flexibility index (Phi) is 1.58. The quantitative estimate of drug-likeness (QED) is 0.554. The van der Waals surface area contributed by atoms with Gasteiger partial charge in [-0.15, -0.1) is 0 Å². The van der Waals surface area contributed by atoms with Crippen LogP contribution in [0.15, 0.2) is 0 Å². The molecular weight excluding hydrogens is 116 g/mol. The fourth-order valence-electron chi connectivity index (χ4n) is 1.15. The summed E-state index contributed by atoms with van der Waals surface area (Å²) in [6.45, 7) is 5.22. The summed E-state index contributed by atoms with van der Waals surface area (Å²) in [5.41, 5.74) is 0.172. The molecule has 0 unspecified atom stereocenters. The Hall–Kier alpha value is -0.370. The number of hydrogen-bond acceptors (Lipinski definition) is 2. The molecule has 0 bridgehead atoms. The van der Waals surface area contributed by atoms with Crippen molar-refractivity contribution in [2.75, 3.05) is 13.2 Å². The monoisotopic (exact) mass is 128 g/mol. The molecule has 0 spiro atoms. The van der Waals surface area contributed by atoms with E-state index in [1.54, 1.807) is 6.92 Å². The zero-order valence-corrected chi connectivity index (χ0v) is 5.94. The second kappa shape index (κ2) is 2.10. The van der Waals surface area contributed by atoms with Gasteiger partial charge in [-0.3, -0.25) is 0 Å². The summed E-state index contributed by atoms with van der Waals surface area (Å²) in [4.78, 5) is 10.6. The molecular formula is C7H12O2. The number of hydrogen-bond donors (Lipinski definition) is 0. The van der Waals surface area contributed by atoms with Crippen LogP contribution in [-0.4, -0.2) is 19.0 Å². The van der Waals surface area contributed by atoms with Gasteiger partial charge in [-0.05, 0) is 6.92 Å². The highest BCUT2D eigenvalue weighted by Gasteiger charge is 2.34. The normalized spacial score (nSPS) is 22.9. The van der Waals surface area contributed by atoms with Crippen LogP contribution in [0, 0.1) is 5.41 Å². The summed E-state index contributed by atoms with van der Waals surface area (Å²) >= 11 is 0. The molecule has 0 amide bonds. The summed E-state index contributed by atoms with van der Waals surface area (Å²) in [5, 5.41) is 0. The lowest BCUT2D eigenvalue weighted by atomic mass is 9.84. The maximum Gasteiger partial charge on any atom is 0.130 e. The molecule has 0 aromatic carbocycles. The molecule has 1 heterocycles. The Bertz CT molecular complexity index is 125. The van der Waals surface area contributed by atoms with E-state index in [0.29, 0.717) is 6.42 Å². The van der Waals surface area contributed by atoms with Crippen LogP contribution in [0.3, 0.4) is 0 Å². The van der Waals surface area contributed by atoms with Gasteiger partial charge in [0.05, 0.1) is 13.2 Å². The average molecular weight is 128 g/mol. The molecule has 2 heteroatoms. The minimum atomic E-state index is 0.172. The second-order valence-electron chi connectivity index (χ2n) is 3.18. The number of ketones is 1. The number of carbonyl (C=O) groups excluding carboxylic acids is 1. The van der Waals surface area contributed by atoms with Crippen LogP contribution in [0.1, 0.15) is 20.3 Å². The smallest absolute Gasteiger partial charge is 0.130 e. The lowest BCUT2D eigenvalue weighted by molar-refractivity contribution is -0.135. The first-order valence-electron chi connectivity index (χ1n) is 3.20. The Balaban J connectivity index is 2.33. The molecule has 52 valence electrons. The predicted molar refractivity (Wildman–Crippen MR) is 34.2 cm³/mol. The minimum Gasteiger partial charge on any atom is -0.380 e. The van der Waals surface area contributed by atoms with Crippen molar-refractivity contribution in [1.29, 1.82) is 0 Å². The van der Waals surface area contributed by atoms with Crippen LogP contribution in [0.5, 0.6) is 0 Å². The van der Waals surface area contributed by atoms with Crippen molar-refractivity contribution in [1.82, 2.24) is 0 Å². The topological polar surface area (TPSA) is 26.3 Å². The Morgan fingerprint density at radius 3 is 2.33 bits per heavy atom. The maximum atomic E-state index is 10.6. The van der Waals surface area contributed by atoms with Crippen molar-refractivity contribution in [2.45, 2.75) is 20.3 Å². The average Bonchev–Trinajstić information content (AvgIpc) is 1.60. The molecule has 0 radical (unpaired) electrons. The van der Waals surface area contributed by atoms with Crippen LogP contribution < -0.4 is 0 Å². The molecule has 1 aliphatic rings. The first kappa shape index (κ1) is 6.75. The standard InChI is InChI=1S/C7H12O2/c1-6(8)3-7(2)4-9-5-7/h3-5H2,1-2H3. The molecule has 2 nitrogen and oxygen atoms in total. The van der Waals surface area contributed by atoms with Crippen molar-refractivity contribution in [3.8, 4) is 0 Å². The van der Waals surface area contributed by atoms with Crippen molar-refractivity contribution in [3.05, 3.63) is 0 Å². The third-order valence-electron chi connectivity index (χ3n) is 1.58. The zero-order valence-electron chi connectivity index (χ0n) is 5.94. The van der Waals surface area contributed by atoms with Gasteiger partial charge in [0, 0.05) is 11.8 Å². The molecule has 9 heavy (non-hydrogen) atoms. The lowest BCUT2D eigenvalue weighted by Crippen LogP contribution is -2.40. The highest BCUT2D eigenvalue weighted by atomic mass is 16.5. The Morgan fingerprint density at radius 2 is 2.22 bits per heavy atom. The molecule has 0 N–H and O–H groups in total. The molecule has 0 atom stereocenters. The summed E-state index contributed by atoms with van der Waals surface area (Å²) in [5.74, 6) is 0.265. The van der Waals surface area contributed by atoms with E-state index < -0.39 is 0 Å². The van der Waals surface area contributed by atoms with E-state index in [-0.39, 0.29) is 11.2 Å². The first-order chi connectivity index (χ1) is 4.12. The molecule has 0 aliphatic carbocycles. The van der Waals surface area contributed by atoms with Gasteiger partial charge in [0.1, 0.15) is 5.78 Å². The van der Waals surface area contributed by atoms with E-state index in [1.807, 2.05) is 0 Å². The fourth-order valence-corrected chi connectivity index (χ4v) is 1.15. The molecule has 1 fully saturated rings. The van der Waals surface area contributed by atoms with Gasteiger partial charge in [-0.25, -0.2) is 0 Å². The van der Waals surface area contributed by atoms with Gasteiger partial charge in [0.2, 0.25) is 0 Å². The first-order valence-corrected chi connectivity index (χ1v) is 3.20. The van der Waals surface area contributed by atoms with Crippen molar-refractivity contribution in [3.63, 3.8) is 0 Å². The van der Waals surface area contributed by atoms with Crippen molar-refractivity contribution in [2.24, 2.45) is 5.41 Å². The van der Waals surface area contributed by atoms with Crippen LogP contribution in [-0.2, 0) is 9.53 Å². The number of rotatable bonds is 2. The van der Waals surface area contributed by atoms with Gasteiger partial charge < -0.3 is 9.53 Å². The van der Waals surface area contributed by atoms with E-state index in [4.69, 9.17) is 4.74 Å². The van der Waals surface area contributed by atoms with E-state index in [2.05, 4.69) is 6.92 Å². The van der Waals surface area contributed by atoms with Crippen LogP contribution in [0.4, 0.5) is 0 Å². The minimum absolute atomic E-state index is 0.172. The maximum absolute atomic E-state index is 10.6. The molecule has 0 saturated carbocycles. The number of carbonyl (C=O) groups is 1. The Labute approximate surface area is 55.2 Å². The van der Waals surface area contributed by atoms with Crippen LogP contribution in [0.25, 0.3) is 0 Å². The van der Waals surface area contributed by atoms with Crippen molar-refractivity contribution < 1.29 is 9.53 Å². The SMILES string of the molecule is CC(=O)CC1(C)COC1. The van der Waals surface area contributed by atoms with Gasteiger partial charge >= 0.3 is 0 Å². The van der Waals surface area contributed by atoms with E-state index in [9.17, 15) is 4.79 Å². The predicted octanol–water partition coefficient (Wildman–Crippen LogP) is 1.00. The third-order valence-corrected chi connectivity index (χ3v) is 1.58. The van der Waals surface area contributed by atoms with Crippen molar-refractivity contribution >= 4 is 5.78 Å². The second-order valence-corrected chi connectivity index (χ2v) is 3.18. The third kappa shape index (κ3) is 1.52. The molecule has 0 aromatic heterocycles. The summed E-state index contributed by atoms with van der Waals surface area (Å²) in [6.07, 6.45) is 0.674. The van der Waals surface area contributed by atoms with Crippen LogP contribution >= 0.6 is 0 Å². The highest BCUT2D eigenvalue weighted by Crippen LogP contribution is 2.30. The fraction of sp³-hybridized carbons (Fsp3) is 0.857. The van der Waals surface area contributed by atoms with Crippen LogP contribution in [0.2, 0.25) is 0 Å². The summed E-state index contributed by atoms with van der Waals surface area (Å²) in [7, 11) is 0. The van der Waals surface area contributed by atoms with E-state index in [1.165, 1.54) is 0 Å². The molecule has 1 rings (SSSR count). The van der Waals surface area contributed by atoms with Gasteiger partial charge in [-0.1, -0.05) is 6.92 Å². The zero-order chi connectivity index (χ0) is 6.91. The van der Waals surface area contributed by atoms with Gasteiger partial charge in [0.25, 0.3) is 0 Å². The number of ether oxygens (including phenoxy) is 1. The van der Waals surface area contributed by atoms with Gasteiger partial charge in [0.15, 0.2) is 0 Å². The van der Waals surface area contributed by atoms with E-state index in [0.717, 1.165) is 13.2 Å².